The third kappa shape index (κ3) is 8.31. The predicted octanol–water partition coefficient (Wildman–Crippen LogP) is 2.36. The van der Waals surface area contributed by atoms with Gasteiger partial charge in [-0.25, -0.2) is 0 Å². The van der Waals surface area contributed by atoms with E-state index in [2.05, 4.69) is 27.0 Å². The lowest BCUT2D eigenvalue weighted by Crippen LogP contribution is -2.47. The van der Waals surface area contributed by atoms with Gasteiger partial charge in [-0.1, -0.05) is 31.1 Å². The fourth-order valence-corrected chi connectivity index (χ4v) is 5.38. The van der Waals surface area contributed by atoms with Crippen molar-refractivity contribution in [1.82, 2.24) is 15.1 Å². The van der Waals surface area contributed by atoms with E-state index in [9.17, 15) is 14.4 Å². The summed E-state index contributed by atoms with van der Waals surface area (Å²) < 4.78 is 0. The zero-order chi connectivity index (χ0) is 26.6. The van der Waals surface area contributed by atoms with Crippen LogP contribution >= 0.6 is 0 Å². The molecular formula is C29H43N5O3. The second kappa shape index (κ2) is 14.7. The Hall–Kier alpha value is -2.89. The highest BCUT2D eigenvalue weighted by Crippen LogP contribution is 2.31. The second-order valence-corrected chi connectivity index (χ2v) is 10.4. The van der Waals surface area contributed by atoms with Crippen LogP contribution in [-0.4, -0.2) is 94.9 Å². The molecule has 0 bridgehead atoms. The van der Waals surface area contributed by atoms with Gasteiger partial charge in [0.1, 0.15) is 12.3 Å². The quantitative estimate of drug-likeness (QED) is 0.365. The molecule has 1 unspecified atom stereocenters. The minimum Gasteiger partial charge on any atom is -0.376 e. The number of anilines is 2. The number of benzene rings is 1. The van der Waals surface area contributed by atoms with Crippen LogP contribution in [0.5, 0.6) is 0 Å². The minimum atomic E-state index is -0.764. The van der Waals surface area contributed by atoms with E-state index in [4.69, 9.17) is 0 Å². The normalized spacial score (nSPS) is 17.8. The molecule has 1 saturated heterocycles. The van der Waals surface area contributed by atoms with Crippen LogP contribution in [0.4, 0.5) is 11.4 Å². The Morgan fingerprint density at radius 2 is 1.78 bits per heavy atom. The molecule has 0 radical (unpaired) electrons. The van der Waals surface area contributed by atoms with E-state index in [1.54, 1.807) is 0 Å². The van der Waals surface area contributed by atoms with Gasteiger partial charge in [0.2, 0.25) is 12.3 Å². The molecule has 2 aliphatic rings. The summed E-state index contributed by atoms with van der Waals surface area (Å²) in [5.41, 5.74) is 2.26. The van der Waals surface area contributed by atoms with E-state index in [-0.39, 0.29) is 18.7 Å². The largest absolute Gasteiger partial charge is 0.376 e. The molecular weight excluding hydrogens is 466 g/mol. The molecule has 1 N–H and O–H groups in total. The molecule has 3 rings (SSSR count). The first kappa shape index (κ1) is 28.7. The molecule has 202 valence electrons. The number of hydrogen-bond acceptors (Lipinski definition) is 6. The van der Waals surface area contributed by atoms with Crippen LogP contribution in [0.3, 0.4) is 0 Å². The maximum absolute atomic E-state index is 12.5. The zero-order valence-corrected chi connectivity index (χ0v) is 22.7. The number of piperazine rings is 1. The monoisotopic (exact) mass is 509 g/mol. The number of likely N-dealkylation sites (N-methyl/N-ethyl adjacent to an activating group) is 1. The maximum Gasteiger partial charge on any atom is 0.242 e. The minimum absolute atomic E-state index is 0.193. The number of carbonyl (C=O) groups excluding carboxylic acids is 3. The summed E-state index contributed by atoms with van der Waals surface area (Å²) in [6.45, 7) is 6.35. The summed E-state index contributed by atoms with van der Waals surface area (Å²) in [6, 6.07) is 4.89. The van der Waals surface area contributed by atoms with Gasteiger partial charge in [-0.2, -0.15) is 0 Å². The lowest BCUT2D eigenvalue weighted by molar-refractivity contribution is -0.123. The summed E-state index contributed by atoms with van der Waals surface area (Å²) in [5, 5.41) is 2.60. The highest BCUT2D eigenvalue weighted by atomic mass is 16.2. The van der Waals surface area contributed by atoms with Gasteiger partial charge in [-0.3, -0.25) is 14.5 Å². The molecule has 37 heavy (non-hydrogen) atoms. The topological polar surface area (TPSA) is 76.2 Å². The average Bonchev–Trinajstić information content (AvgIpc) is 2.92. The molecule has 0 aromatic heterocycles. The van der Waals surface area contributed by atoms with Crippen molar-refractivity contribution in [2.24, 2.45) is 5.92 Å². The Kier molecular flexibility index (Phi) is 11.4. The highest BCUT2D eigenvalue weighted by Gasteiger charge is 2.27. The van der Waals surface area contributed by atoms with Gasteiger partial charge in [0, 0.05) is 65.9 Å². The molecule has 1 aliphatic heterocycles. The van der Waals surface area contributed by atoms with Crippen molar-refractivity contribution in [2.45, 2.75) is 51.0 Å². The van der Waals surface area contributed by atoms with Crippen molar-refractivity contribution >= 4 is 30.0 Å². The summed E-state index contributed by atoms with van der Waals surface area (Å²) in [5.74, 6) is 7.19. The Morgan fingerprint density at radius 1 is 1.08 bits per heavy atom. The third-order valence-electron chi connectivity index (χ3n) is 7.53. The molecule has 8 nitrogen and oxygen atoms in total. The Bertz CT molecular complexity index is 956. The van der Waals surface area contributed by atoms with Crippen molar-refractivity contribution in [3.63, 3.8) is 0 Å². The van der Waals surface area contributed by atoms with Gasteiger partial charge in [-0.15, -0.1) is 0 Å². The van der Waals surface area contributed by atoms with E-state index in [0.717, 1.165) is 56.2 Å². The predicted molar refractivity (Wildman–Crippen MR) is 149 cm³/mol. The summed E-state index contributed by atoms with van der Waals surface area (Å²) in [7, 11) is 5.32. The van der Waals surface area contributed by atoms with Gasteiger partial charge >= 0.3 is 0 Å². The zero-order valence-electron chi connectivity index (χ0n) is 22.7. The average molecular weight is 510 g/mol. The van der Waals surface area contributed by atoms with Gasteiger partial charge < -0.3 is 24.8 Å². The van der Waals surface area contributed by atoms with Gasteiger partial charge in [0.25, 0.3) is 0 Å². The van der Waals surface area contributed by atoms with E-state index in [1.807, 2.05) is 37.2 Å². The first-order valence-electron chi connectivity index (χ1n) is 13.6. The SMILES string of the molecule is CNC(=O)C(CCC=O)N(C=O)c1ccc(C#CCN2CCN(CC3CCCCC3)CC2)cc1N(C)C. The first-order chi connectivity index (χ1) is 18.0. The molecule has 1 aromatic rings. The molecule has 1 aliphatic carbocycles. The van der Waals surface area contributed by atoms with Gasteiger partial charge in [-0.05, 0) is 43.4 Å². The molecule has 1 heterocycles. The molecule has 1 aromatic carbocycles. The second-order valence-electron chi connectivity index (χ2n) is 10.4. The number of aldehydes is 1. The van der Waals surface area contributed by atoms with Gasteiger partial charge in [0.15, 0.2) is 0 Å². The molecule has 1 atom stereocenters. The molecule has 2 fully saturated rings. The Balaban J connectivity index is 1.63. The number of carbonyl (C=O) groups is 3. The summed E-state index contributed by atoms with van der Waals surface area (Å²) in [6.07, 6.45) is 8.88. The van der Waals surface area contributed by atoms with Crippen LogP contribution < -0.4 is 15.1 Å². The van der Waals surface area contributed by atoms with Crippen molar-refractivity contribution < 1.29 is 14.4 Å². The highest BCUT2D eigenvalue weighted by molar-refractivity contribution is 5.95. The number of hydrogen-bond donors (Lipinski definition) is 1. The van der Waals surface area contributed by atoms with Crippen molar-refractivity contribution in [1.29, 1.82) is 0 Å². The van der Waals surface area contributed by atoms with Crippen LogP contribution in [0.15, 0.2) is 18.2 Å². The first-order valence-corrected chi connectivity index (χ1v) is 13.6. The summed E-state index contributed by atoms with van der Waals surface area (Å²) >= 11 is 0. The van der Waals surface area contributed by atoms with Crippen molar-refractivity contribution in [3.8, 4) is 11.8 Å². The Labute approximate surface area is 222 Å². The number of nitrogens with one attached hydrogen (secondary N) is 1. The smallest absolute Gasteiger partial charge is 0.242 e. The lowest BCUT2D eigenvalue weighted by atomic mass is 9.89. The van der Waals surface area contributed by atoms with Crippen LogP contribution in [-0.2, 0) is 14.4 Å². The van der Waals surface area contributed by atoms with Gasteiger partial charge in [0.05, 0.1) is 17.9 Å². The number of rotatable bonds is 11. The molecule has 8 heteroatoms. The van der Waals surface area contributed by atoms with Crippen molar-refractivity contribution in [3.05, 3.63) is 23.8 Å². The van der Waals surface area contributed by atoms with Crippen LogP contribution in [0.1, 0.15) is 50.5 Å². The fraction of sp³-hybridized carbons (Fsp3) is 0.621. The standard InChI is InChI=1S/C29H43N5O3/c1-30-29(37)27(12-8-20-35)34(23-36)26-14-13-24(21-28(26)31(2)3)11-7-15-32-16-18-33(19-17-32)22-25-9-5-4-6-10-25/h13-14,20-21,23,25,27H,4-6,8-10,12,15-19,22H2,1-3H3,(H,30,37). The molecule has 2 amide bonds. The van der Waals surface area contributed by atoms with E-state index < -0.39 is 6.04 Å². The number of nitrogens with zero attached hydrogens (tertiary/aromatic N) is 4. The lowest BCUT2D eigenvalue weighted by Gasteiger charge is -2.36. The maximum atomic E-state index is 12.5. The fourth-order valence-electron chi connectivity index (χ4n) is 5.38. The van der Waals surface area contributed by atoms with E-state index in [0.29, 0.717) is 12.1 Å². The van der Waals surface area contributed by atoms with Crippen LogP contribution in [0.25, 0.3) is 0 Å². The molecule has 1 saturated carbocycles. The number of amides is 2. The van der Waals surface area contributed by atoms with E-state index >= 15 is 0 Å². The van der Waals surface area contributed by atoms with Crippen LogP contribution in [0, 0.1) is 17.8 Å². The third-order valence-corrected chi connectivity index (χ3v) is 7.53. The summed E-state index contributed by atoms with van der Waals surface area (Å²) in [4.78, 5) is 43.8. The van der Waals surface area contributed by atoms with Crippen molar-refractivity contribution in [2.75, 3.05) is 70.2 Å². The van der Waals surface area contributed by atoms with E-state index in [1.165, 1.54) is 50.6 Å². The Morgan fingerprint density at radius 3 is 2.41 bits per heavy atom. The van der Waals surface area contributed by atoms with Crippen LogP contribution in [0.2, 0.25) is 0 Å². The molecule has 0 spiro atoms.